The van der Waals surface area contributed by atoms with Crippen LogP contribution in [0.4, 0.5) is 5.69 Å². The van der Waals surface area contributed by atoms with Crippen LogP contribution >= 0.6 is 0 Å². The predicted octanol–water partition coefficient (Wildman–Crippen LogP) is 5.89. The van der Waals surface area contributed by atoms with Crippen molar-refractivity contribution in [3.63, 3.8) is 0 Å². The van der Waals surface area contributed by atoms with Crippen molar-refractivity contribution in [2.45, 2.75) is 75.3 Å². The highest BCUT2D eigenvalue weighted by molar-refractivity contribution is 6.21. The third-order valence-electron chi connectivity index (χ3n) is 6.23. The summed E-state index contributed by atoms with van der Waals surface area (Å²) >= 11 is 0. The summed E-state index contributed by atoms with van der Waals surface area (Å²) in [4.78, 5) is 9.11. The molecule has 1 aromatic carbocycles. The molecule has 0 spiro atoms. The molecule has 4 N–H and O–H groups in total. The number of aliphatic hydroxyl groups excluding tert-OH is 1. The normalized spacial score (nSPS) is 12.8. The molecule has 31 heavy (non-hydrogen) atoms. The van der Waals surface area contributed by atoms with Crippen LogP contribution in [-0.2, 0) is 13.0 Å². The van der Waals surface area contributed by atoms with Gasteiger partial charge in [-0.25, -0.2) is 9.97 Å². The van der Waals surface area contributed by atoms with E-state index in [9.17, 15) is 10.5 Å². The van der Waals surface area contributed by atoms with Gasteiger partial charge in [-0.15, -0.1) is 0 Å². The Morgan fingerprint density at radius 1 is 1.03 bits per heavy atom. The van der Waals surface area contributed by atoms with Crippen molar-refractivity contribution in [1.29, 1.82) is 5.41 Å². The van der Waals surface area contributed by atoms with E-state index in [2.05, 4.69) is 50.7 Å². The van der Waals surface area contributed by atoms with Crippen LogP contribution in [0.1, 0.15) is 76.7 Å². The number of anilines is 1. The molecule has 0 aliphatic carbocycles. The van der Waals surface area contributed by atoms with E-state index in [-0.39, 0.29) is 6.61 Å². The molecular formula is C26H36N4O. The third-order valence-corrected chi connectivity index (χ3v) is 6.23. The SMILES string of the molecule is C/C=C(C)\C(C)=C(/C(=N)c1c(CC)c(CO)c2c(C)nc(C)nc2c1N)C(C)=C(C)C. The maximum Gasteiger partial charge on any atom is 0.126 e. The summed E-state index contributed by atoms with van der Waals surface area (Å²) in [5.74, 6) is 0.625. The summed E-state index contributed by atoms with van der Waals surface area (Å²) in [7, 11) is 0. The first kappa shape index (κ1) is 24.5. The molecule has 0 amide bonds. The van der Waals surface area contributed by atoms with E-state index in [1.54, 1.807) is 0 Å². The van der Waals surface area contributed by atoms with Crippen LogP contribution in [0.5, 0.6) is 0 Å². The van der Waals surface area contributed by atoms with Crippen molar-refractivity contribution in [3.8, 4) is 0 Å². The molecule has 2 rings (SSSR count). The summed E-state index contributed by atoms with van der Waals surface area (Å²) in [5, 5.41) is 20.4. The van der Waals surface area contributed by atoms with Gasteiger partial charge in [-0.3, -0.25) is 5.41 Å². The van der Waals surface area contributed by atoms with Crippen LogP contribution < -0.4 is 5.73 Å². The molecule has 1 heterocycles. The Morgan fingerprint density at radius 2 is 1.65 bits per heavy atom. The topological polar surface area (TPSA) is 95.9 Å². The number of nitrogens with zero attached hydrogens (tertiary/aromatic N) is 2. The zero-order chi connectivity index (χ0) is 23.6. The summed E-state index contributed by atoms with van der Waals surface area (Å²) in [5.41, 5.74) is 16.5. The van der Waals surface area contributed by atoms with Gasteiger partial charge >= 0.3 is 0 Å². The van der Waals surface area contributed by atoms with Gasteiger partial charge in [-0.1, -0.05) is 24.1 Å². The number of allylic oxidation sites excluding steroid dienone is 6. The number of hydrogen-bond acceptors (Lipinski definition) is 5. The fraction of sp³-hybridized carbons (Fsp3) is 0.423. The minimum absolute atomic E-state index is 0.152. The van der Waals surface area contributed by atoms with Gasteiger partial charge in [0.1, 0.15) is 5.82 Å². The Hall–Kier alpha value is -2.79. The molecule has 5 heteroatoms. The van der Waals surface area contributed by atoms with Crippen molar-refractivity contribution >= 4 is 22.3 Å². The molecule has 0 radical (unpaired) electrons. The van der Waals surface area contributed by atoms with Crippen molar-refractivity contribution in [3.05, 3.63) is 62.2 Å². The maximum absolute atomic E-state index is 10.3. The molecule has 0 fully saturated rings. The predicted molar refractivity (Wildman–Crippen MR) is 132 cm³/mol. The molecule has 166 valence electrons. The van der Waals surface area contributed by atoms with Gasteiger partial charge in [0.15, 0.2) is 0 Å². The summed E-state index contributed by atoms with van der Waals surface area (Å²) in [6.07, 6.45) is 2.70. The molecule has 5 nitrogen and oxygen atoms in total. The van der Waals surface area contributed by atoms with E-state index < -0.39 is 0 Å². The molecule has 0 saturated heterocycles. The minimum atomic E-state index is -0.152. The summed E-state index contributed by atoms with van der Waals surface area (Å²) < 4.78 is 0. The van der Waals surface area contributed by atoms with E-state index in [0.717, 1.165) is 50.1 Å². The van der Waals surface area contributed by atoms with Gasteiger partial charge < -0.3 is 10.8 Å². The van der Waals surface area contributed by atoms with Gasteiger partial charge in [0, 0.05) is 22.2 Å². The number of rotatable bonds is 6. The molecule has 0 atom stereocenters. The lowest BCUT2D eigenvalue weighted by Crippen LogP contribution is -2.17. The first-order valence-electron chi connectivity index (χ1n) is 10.8. The van der Waals surface area contributed by atoms with Crippen LogP contribution in [0, 0.1) is 19.3 Å². The Morgan fingerprint density at radius 3 is 2.13 bits per heavy atom. The van der Waals surface area contributed by atoms with Crippen LogP contribution in [-0.4, -0.2) is 20.8 Å². The van der Waals surface area contributed by atoms with Gasteiger partial charge in [-0.2, -0.15) is 0 Å². The van der Waals surface area contributed by atoms with Crippen molar-refractivity contribution in [1.82, 2.24) is 9.97 Å². The lowest BCUT2D eigenvalue weighted by Gasteiger charge is -2.23. The molecule has 0 aliphatic heterocycles. The first-order valence-corrected chi connectivity index (χ1v) is 10.8. The Kier molecular flexibility index (Phi) is 7.55. The van der Waals surface area contributed by atoms with E-state index in [1.165, 1.54) is 0 Å². The number of nitrogens with two attached hydrogens (primary N) is 1. The molecule has 0 unspecified atom stereocenters. The van der Waals surface area contributed by atoms with Crippen LogP contribution in [0.25, 0.3) is 10.9 Å². The number of nitrogen functional groups attached to an aromatic ring is 1. The molecule has 1 aromatic heterocycles. The average Bonchev–Trinajstić information content (AvgIpc) is 2.72. The monoisotopic (exact) mass is 420 g/mol. The highest BCUT2D eigenvalue weighted by atomic mass is 16.3. The smallest absolute Gasteiger partial charge is 0.126 e. The molecule has 2 aromatic rings. The molecule has 0 bridgehead atoms. The fourth-order valence-corrected chi connectivity index (χ4v) is 4.15. The average molecular weight is 421 g/mol. The van der Waals surface area contributed by atoms with Crippen LogP contribution in [0.15, 0.2) is 33.9 Å². The Balaban J connectivity index is 3.09. The van der Waals surface area contributed by atoms with Gasteiger partial charge in [0.25, 0.3) is 0 Å². The summed E-state index contributed by atoms with van der Waals surface area (Å²) in [6, 6.07) is 0. The van der Waals surface area contributed by atoms with Gasteiger partial charge in [-0.05, 0) is 84.1 Å². The molecule has 0 aliphatic rings. The highest BCUT2D eigenvalue weighted by Gasteiger charge is 2.25. The van der Waals surface area contributed by atoms with E-state index in [1.807, 2.05) is 27.7 Å². The van der Waals surface area contributed by atoms with Crippen molar-refractivity contribution in [2.24, 2.45) is 0 Å². The standard InChI is InChI=1S/C26H36N4O/c1-10-14(5)16(7)21(15(6)13(3)4)24(27)23-19(11-2)20(12-31)22-17(8)29-18(9)30-26(22)25(23)28/h10,27,31H,11-12,28H2,1-9H3/b14-10-,21-16-,27-24?. The van der Waals surface area contributed by atoms with Crippen molar-refractivity contribution in [2.75, 3.05) is 5.73 Å². The van der Waals surface area contributed by atoms with Crippen LogP contribution in [0.2, 0.25) is 0 Å². The Labute approximate surface area is 186 Å². The van der Waals surface area contributed by atoms with Crippen LogP contribution in [0.3, 0.4) is 0 Å². The second-order valence-electron chi connectivity index (χ2n) is 8.31. The number of hydrogen-bond donors (Lipinski definition) is 3. The third kappa shape index (κ3) is 4.33. The van der Waals surface area contributed by atoms with Gasteiger partial charge in [0.05, 0.1) is 23.5 Å². The Bertz CT molecular complexity index is 1150. The van der Waals surface area contributed by atoms with E-state index in [0.29, 0.717) is 34.7 Å². The van der Waals surface area contributed by atoms with Crippen molar-refractivity contribution < 1.29 is 5.11 Å². The molecule has 0 saturated carbocycles. The number of aromatic nitrogens is 2. The number of aryl methyl sites for hydroxylation is 2. The highest BCUT2D eigenvalue weighted by Crippen LogP contribution is 2.37. The second kappa shape index (κ2) is 9.56. The first-order chi connectivity index (χ1) is 14.5. The largest absolute Gasteiger partial charge is 0.396 e. The number of nitrogens with one attached hydrogen (secondary N) is 1. The second-order valence-corrected chi connectivity index (χ2v) is 8.31. The summed E-state index contributed by atoms with van der Waals surface area (Å²) in [6.45, 7) is 17.9. The van der Waals surface area contributed by atoms with E-state index in [4.69, 9.17) is 5.73 Å². The molecular weight excluding hydrogens is 384 g/mol. The quantitative estimate of drug-likeness (QED) is 0.308. The minimum Gasteiger partial charge on any atom is -0.396 e. The number of aliphatic hydroxyl groups is 1. The number of fused-ring (bicyclic) bond motifs is 1. The zero-order valence-electron chi connectivity index (χ0n) is 20.4. The lowest BCUT2D eigenvalue weighted by molar-refractivity contribution is 0.282. The van der Waals surface area contributed by atoms with Gasteiger partial charge in [0.2, 0.25) is 0 Å². The fourth-order valence-electron chi connectivity index (χ4n) is 4.15. The number of benzene rings is 1. The van der Waals surface area contributed by atoms with E-state index >= 15 is 0 Å². The maximum atomic E-state index is 10.3. The lowest BCUT2D eigenvalue weighted by atomic mass is 9.83. The zero-order valence-corrected chi connectivity index (χ0v) is 20.4.